The van der Waals surface area contributed by atoms with Crippen molar-refractivity contribution in [2.75, 3.05) is 0 Å². The predicted molar refractivity (Wildman–Crippen MR) is 78.6 cm³/mol. The summed E-state index contributed by atoms with van der Waals surface area (Å²) in [5.41, 5.74) is 1.64. The summed E-state index contributed by atoms with van der Waals surface area (Å²) in [5, 5.41) is 10.7. The minimum Gasteiger partial charge on any atom is -0.385 e. The number of rotatable bonds is 3. The molecule has 0 aliphatic carbocycles. The maximum absolute atomic E-state index is 13.1. The van der Waals surface area contributed by atoms with Crippen LogP contribution in [0.25, 0.3) is 0 Å². The molecular formula is C16H16BrFO. The van der Waals surface area contributed by atoms with Gasteiger partial charge in [-0.25, -0.2) is 4.39 Å². The molecule has 0 saturated heterocycles. The zero-order chi connectivity index (χ0) is 14.0. The molecule has 1 unspecified atom stereocenters. The molecule has 0 spiro atoms. The molecule has 0 bridgehead atoms. The van der Waals surface area contributed by atoms with Crippen molar-refractivity contribution >= 4 is 15.9 Å². The average Bonchev–Trinajstić information content (AvgIpc) is 2.33. The molecule has 0 saturated carbocycles. The molecule has 2 rings (SSSR count). The van der Waals surface area contributed by atoms with E-state index in [1.807, 2.05) is 31.2 Å². The number of hydrogen-bond donors (Lipinski definition) is 1. The van der Waals surface area contributed by atoms with Crippen LogP contribution in [0, 0.1) is 12.7 Å². The van der Waals surface area contributed by atoms with Gasteiger partial charge in [0.25, 0.3) is 0 Å². The van der Waals surface area contributed by atoms with Crippen LogP contribution in [0.1, 0.15) is 23.6 Å². The highest BCUT2D eigenvalue weighted by molar-refractivity contribution is 9.10. The normalized spacial score (nSPS) is 14.2. The SMILES string of the molecule is Cc1cc(F)ccc1CC(C)(O)c1ccccc1Br. The average molecular weight is 323 g/mol. The largest absolute Gasteiger partial charge is 0.385 e. The molecule has 2 aromatic rings. The summed E-state index contributed by atoms with van der Waals surface area (Å²) in [6.07, 6.45) is 0.446. The van der Waals surface area contributed by atoms with Crippen molar-refractivity contribution in [3.63, 3.8) is 0 Å². The maximum atomic E-state index is 13.1. The van der Waals surface area contributed by atoms with Crippen LogP contribution in [-0.2, 0) is 12.0 Å². The highest BCUT2D eigenvalue weighted by atomic mass is 79.9. The Morgan fingerprint density at radius 2 is 1.89 bits per heavy atom. The summed E-state index contributed by atoms with van der Waals surface area (Å²) in [6.45, 7) is 3.63. The Balaban J connectivity index is 2.33. The van der Waals surface area contributed by atoms with Crippen molar-refractivity contribution < 1.29 is 9.50 Å². The summed E-state index contributed by atoms with van der Waals surface area (Å²) < 4.78 is 14.0. The topological polar surface area (TPSA) is 20.2 Å². The number of halogens is 2. The Labute approximate surface area is 121 Å². The van der Waals surface area contributed by atoms with Gasteiger partial charge in [-0.2, -0.15) is 0 Å². The summed E-state index contributed by atoms with van der Waals surface area (Å²) in [4.78, 5) is 0. The van der Waals surface area contributed by atoms with Crippen molar-refractivity contribution in [2.24, 2.45) is 0 Å². The molecule has 0 aliphatic heterocycles. The molecule has 3 heteroatoms. The van der Waals surface area contributed by atoms with Gasteiger partial charge < -0.3 is 5.11 Å². The number of aliphatic hydroxyl groups is 1. The second-order valence-corrected chi connectivity index (χ2v) is 5.86. The summed E-state index contributed by atoms with van der Waals surface area (Å²) in [5.74, 6) is -0.248. The van der Waals surface area contributed by atoms with Crippen molar-refractivity contribution in [3.05, 3.63) is 69.4 Å². The molecule has 0 fully saturated rings. The monoisotopic (exact) mass is 322 g/mol. The quantitative estimate of drug-likeness (QED) is 0.890. The van der Waals surface area contributed by atoms with Crippen molar-refractivity contribution in [1.29, 1.82) is 0 Å². The molecule has 19 heavy (non-hydrogen) atoms. The van der Waals surface area contributed by atoms with Crippen molar-refractivity contribution in [2.45, 2.75) is 25.9 Å². The Morgan fingerprint density at radius 3 is 2.53 bits per heavy atom. The van der Waals surface area contributed by atoms with E-state index in [9.17, 15) is 9.50 Å². The fraction of sp³-hybridized carbons (Fsp3) is 0.250. The number of aryl methyl sites for hydroxylation is 1. The van der Waals surface area contributed by atoms with Gasteiger partial charge in [0.2, 0.25) is 0 Å². The van der Waals surface area contributed by atoms with Crippen LogP contribution < -0.4 is 0 Å². The molecule has 0 radical (unpaired) electrons. The van der Waals surface area contributed by atoms with Gasteiger partial charge in [0.05, 0.1) is 5.60 Å². The lowest BCUT2D eigenvalue weighted by Gasteiger charge is -2.26. The summed E-state index contributed by atoms with van der Waals surface area (Å²) >= 11 is 3.46. The fourth-order valence-electron chi connectivity index (χ4n) is 2.22. The van der Waals surface area contributed by atoms with Crippen LogP contribution in [0.5, 0.6) is 0 Å². The van der Waals surface area contributed by atoms with Crippen LogP contribution >= 0.6 is 15.9 Å². The minimum absolute atomic E-state index is 0.248. The Hall–Kier alpha value is -1.19. The molecule has 2 aromatic carbocycles. The maximum Gasteiger partial charge on any atom is 0.123 e. The van der Waals surface area contributed by atoms with E-state index in [2.05, 4.69) is 15.9 Å². The van der Waals surface area contributed by atoms with Gasteiger partial charge >= 0.3 is 0 Å². The minimum atomic E-state index is -0.997. The smallest absolute Gasteiger partial charge is 0.123 e. The van der Waals surface area contributed by atoms with Gasteiger partial charge in [0.1, 0.15) is 5.82 Å². The highest BCUT2D eigenvalue weighted by Crippen LogP contribution is 2.31. The Bertz CT molecular complexity index is 593. The first kappa shape index (κ1) is 14.2. The predicted octanol–water partition coefficient (Wildman–Crippen LogP) is 4.35. The third-order valence-corrected chi connectivity index (χ3v) is 3.98. The fourth-order valence-corrected chi connectivity index (χ4v) is 2.93. The van der Waals surface area contributed by atoms with Crippen molar-refractivity contribution in [3.8, 4) is 0 Å². The van der Waals surface area contributed by atoms with E-state index in [-0.39, 0.29) is 5.82 Å². The molecule has 0 heterocycles. The standard InChI is InChI=1S/C16H16BrFO/c1-11-9-13(18)8-7-12(11)10-16(2,19)14-5-3-4-6-15(14)17/h3-9,19H,10H2,1-2H3. The first-order valence-corrected chi connectivity index (χ1v) is 6.92. The molecule has 1 N–H and O–H groups in total. The van der Waals surface area contributed by atoms with Crippen LogP contribution in [-0.4, -0.2) is 5.11 Å². The van der Waals surface area contributed by atoms with Crippen LogP contribution in [0.15, 0.2) is 46.9 Å². The lowest BCUT2D eigenvalue weighted by Crippen LogP contribution is -2.25. The van der Waals surface area contributed by atoms with Gasteiger partial charge in [0.15, 0.2) is 0 Å². The van der Waals surface area contributed by atoms with Crippen LogP contribution in [0.4, 0.5) is 4.39 Å². The summed E-state index contributed by atoms with van der Waals surface area (Å²) in [7, 11) is 0. The van der Waals surface area contributed by atoms with Gasteiger partial charge in [0, 0.05) is 10.9 Å². The molecule has 1 nitrogen and oxygen atoms in total. The van der Waals surface area contributed by atoms with Gasteiger partial charge in [-0.3, -0.25) is 0 Å². The summed E-state index contributed by atoms with van der Waals surface area (Å²) in [6, 6.07) is 12.3. The highest BCUT2D eigenvalue weighted by Gasteiger charge is 2.26. The van der Waals surface area contributed by atoms with Crippen LogP contribution in [0.3, 0.4) is 0 Å². The van der Waals surface area contributed by atoms with E-state index in [1.165, 1.54) is 12.1 Å². The van der Waals surface area contributed by atoms with E-state index in [0.29, 0.717) is 6.42 Å². The first-order chi connectivity index (χ1) is 8.90. The van der Waals surface area contributed by atoms with Gasteiger partial charge in [-0.05, 0) is 48.7 Å². The number of hydrogen-bond acceptors (Lipinski definition) is 1. The molecule has 0 aliphatic rings. The third-order valence-electron chi connectivity index (χ3n) is 3.29. The van der Waals surface area contributed by atoms with Gasteiger partial charge in [-0.1, -0.05) is 40.2 Å². The van der Waals surface area contributed by atoms with Crippen molar-refractivity contribution in [1.82, 2.24) is 0 Å². The number of benzene rings is 2. The van der Waals surface area contributed by atoms with Crippen LogP contribution in [0.2, 0.25) is 0 Å². The van der Waals surface area contributed by atoms with Gasteiger partial charge in [-0.15, -0.1) is 0 Å². The van der Waals surface area contributed by atoms with E-state index in [0.717, 1.165) is 21.2 Å². The molecular weight excluding hydrogens is 307 g/mol. The molecule has 0 aromatic heterocycles. The second-order valence-electron chi connectivity index (χ2n) is 5.00. The molecule has 0 amide bonds. The zero-order valence-electron chi connectivity index (χ0n) is 11.0. The lowest BCUT2D eigenvalue weighted by atomic mass is 9.87. The van der Waals surface area contributed by atoms with E-state index in [4.69, 9.17) is 0 Å². The van der Waals surface area contributed by atoms with E-state index in [1.54, 1.807) is 13.0 Å². The Morgan fingerprint density at radius 1 is 1.21 bits per heavy atom. The molecule has 1 atom stereocenters. The first-order valence-electron chi connectivity index (χ1n) is 6.12. The zero-order valence-corrected chi connectivity index (χ0v) is 12.5. The van der Waals surface area contributed by atoms with E-state index < -0.39 is 5.60 Å². The van der Waals surface area contributed by atoms with E-state index >= 15 is 0 Å². The lowest BCUT2D eigenvalue weighted by molar-refractivity contribution is 0.0567. The molecule has 100 valence electrons. The Kier molecular flexibility index (Phi) is 4.07. The third kappa shape index (κ3) is 3.23. The second kappa shape index (κ2) is 5.43.